The monoisotopic (exact) mass is 348 g/mol. The average molecular weight is 348 g/mol. The SMILES string of the molecule is c1ccc(CN2CCCC[C@@H]2CNc2ncn(-c3ccccn3)n2)cc1. The van der Waals surface area contributed by atoms with Gasteiger partial charge in [-0.2, -0.15) is 0 Å². The summed E-state index contributed by atoms with van der Waals surface area (Å²) in [5.74, 6) is 1.43. The van der Waals surface area contributed by atoms with Crippen molar-refractivity contribution in [2.45, 2.75) is 31.8 Å². The molecular weight excluding hydrogens is 324 g/mol. The van der Waals surface area contributed by atoms with E-state index in [0.717, 1.165) is 25.5 Å². The van der Waals surface area contributed by atoms with Crippen molar-refractivity contribution < 1.29 is 0 Å². The first kappa shape index (κ1) is 16.7. The van der Waals surface area contributed by atoms with E-state index in [2.05, 4.69) is 55.6 Å². The zero-order valence-electron chi connectivity index (χ0n) is 14.8. The molecule has 134 valence electrons. The normalized spacial score (nSPS) is 17.9. The van der Waals surface area contributed by atoms with Crippen LogP contribution >= 0.6 is 0 Å². The summed E-state index contributed by atoms with van der Waals surface area (Å²) in [6.07, 6.45) is 7.23. The Bertz CT molecular complexity index is 801. The van der Waals surface area contributed by atoms with Crippen LogP contribution in [0.3, 0.4) is 0 Å². The van der Waals surface area contributed by atoms with Crippen molar-refractivity contribution >= 4 is 5.95 Å². The first-order valence-corrected chi connectivity index (χ1v) is 9.23. The maximum atomic E-state index is 4.49. The Hall–Kier alpha value is -2.73. The minimum Gasteiger partial charge on any atom is -0.351 e. The first-order valence-electron chi connectivity index (χ1n) is 9.23. The lowest BCUT2D eigenvalue weighted by molar-refractivity contribution is 0.148. The number of hydrogen-bond donors (Lipinski definition) is 1. The van der Waals surface area contributed by atoms with Gasteiger partial charge in [0.1, 0.15) is 6.33 Å². The molecule has 1 fully saturated rings. The number of pyridine rings is 1. The molecule has 4 rings (SSSR count). The third-order valence-corrected chi connectivity index (χ3v) is 4.85. The van der Waals surface area contributed by atoms with Gasteiger partial charge in [0.15, 0.2) is 5.82 Å². The summed E-state index contributed by atoms with van der Waals surface area (Å²) in [6.45, 7) is 3.01. The van der Waals surface area contributed by atoms with Gasteiger partial charge in [0.2, 0.25) is 5.95 Å². The van der Waals surface area contributed by atoms with Gasteiger partial charge >= 0.3 is 0 Å². The van der Waals surface area contributed by atoms with E-state index in [-0.39, 0.29) is 0 Å². The van der Waals surface area contributed by atoms with E-state index in [1.54, 1.807) is 17.2 Å². The van der Waals surface area contributed by atoms with Crippen molar-refractivity contribution in [1.82, 2.24) is 24.6 Å². The quantitative estimate of drug-likeness (QED) is 0.742. The van der Waals surface area contributed by atoms with Crippen molar-refractivity contribution in [2.24, 2.45) is 0 Å². The number of likely N-dealkylation sites (tertiary alicyclic amines) is 1. The highest BCUT2D eigenvalue weighted by Gasteiger charge is 2.22. The number of nitrogens with one attached hydrogen (secondary N) is 1. The van der Waals surface area contributed by atoms with E-state index in [0.29, 0.717) is 12.0 Å². The van der Waals surface area contributed by atoms with Crippen LogP contribution in [0.2, 0.25) is 0 Å². The summed E-state index contributed by atoms with van der Waals surface area (Å²) in [5, 5.41) is 7.90. The summed E-state index contributed by atoms with van der Waals surface area (Å²) in [5.41, 5.74) is 1.37. The highest BCUT2D eigenvalue weighted by atomic mass is 15.4. The Kier molecular flexibility index (Phi) is 5.21. The van der Waals surface area contributed by atoms with E-state index < -0.39 is 0 Å². The molecule has 6 nitrogen and oxygen atoms in total. The Morgan fingerprint density at radius 1 is 1.00 bits per heavy atom. The summed E-state index contributed by atoms with van der Waals surface area (Å²) in [4.78, 5) is 11.2. The highest BCUT2D eigenvalue weighted by molar-refractivity contribution is 5.26. The number of piperidine rings is 1. The van der Waals surface area contributed by atoms with Crippen LogP contribution in [0, 0.1) is 0 Å². The molecule has 0 radical (unpaired) electrons. The minimum atomic E-state index is 0.505. The highest BCUT2D eigenvalue weighted by Crippen LogP contribution is 2.20. The van der Waals surface area contributed by atoms with Crippen LogP contribution < -0.4 is 5.32 Å². The Morgan fingerprint density at radius 2 is 1.88 bits per heavy atom. The van der Waals surface area contributed by atoms with Gasteiger partial charge in [-0.3, -0.25) is 4.90 Å². The lowest BCUT2D eigenvalue weighted by atomic mass is 10.0. The molecule has 0 unspecified atom stereocenters. The molecule has 1 aromatic carbocycles. The lowest BCUT2D eigenvalue weighted by Gasteiger charge is -2.35. The Morgan fingerprint density at radius 3 is 2.73 bits per heavy atom. The van der Waals surface area contributed by atoms with E-state index in [1.165, 1.54) is 24.8 Å². The molecule has 0 spiro atoms. The second-order valence-electron chi connectivity index (χ2n) is 6.69. The number of anilines is 1. The number of nitrogens with zero attached hydrogens (tertiary/aromatic N) is 5. The fraction of sp³-hybridized carbons (Fsp3) is 0.350. The number of rotatable bonds is 6. The summed E-state index contributed by atoms with van der Waals surface area (Å²) in [7, 11) is 0. The predicted molar refractivity (Wildman–Crippen MR) is 102 cm³/mol. The largest absolute Gasteiger partial charge is 0.351 e. The molecule has 3 heterocycles. The topological polar surface area (TPSA) is 58.9 Å². The summed E-state index contributed by atoms with van der Waals surface area (Å²) in [6, 6.07) is 17.0. The molecule has 1 saturated heterocycles. The van der Waals surface area contributed by atoms with Gasteiger partial charge in [0.05, 0.1) is 0 Å². The van der Waals surface area contributed by atoms with Crippen LogP contribution in [-0.4, -0.2) is 43.8 Å². The van der Waals surface area contributed by atoms with Gasteiger partial charge in [-0.15, -0.1) is 5.10 Å². The molecule has 1 N–H and O–H groups in total. The molecule has 1 atom stereocenters. The second kappa shape index (κ2) is 8.10. The van der Waals surface area contributed by atoms with Crippen LogP contribution in [0.5, 0.6) is 0 Å². The summed E-state index contributed by atoms with van der Waals surface area (Å²) >= 11 is 0. The molecule has 0 amide bonds. The van der Waals surface area contributed by atoms with Crippen molar-refractivity contribution in [3.63, 3.8) is 0 Å². The van der Waals surface area contributed by atoms with E-state index >= 15 is 0 Å². The van der Waals surface area contributed by atoms with Gasteiger partial charge in [0, 0.05) is 25.3 Å². The maximum absolute atomic E-state index is 4.49. The molecular formula is C20H24N6. The molecule has 0 bridgehead atoms. The molecule has 1 aliphatic rings. The maximum Gasteiger partial charge on any atom is 0.242 e. The van der Waals surface area contributed by atoms with Crippen LogP contribution in [-0.2, 0) is 6.54 Å². The molecule has 1 aliphatic heterocycles. The van der Waals surface area contributed by atoms with E-state index in [4.69, 9.17) is 0 Å². The smallest absolute Gasteiger partial charge is 0.242 e. The number of benzene rings is 1. The fourth-order valence-corrected chi connectivity index (χ4v) is 3.47. The summed E-state index contributed by atoms with van der Waals surface area (Å²) < 4.78 is 1.70. The van der Waals surface area contributed by atoms with Gasteiger partial charge in [-0.25, -0.2) is 14.6 Å². The Labute approximate surface area is 153 Å². The molecule has 6 heteroatoms. The average Bonchev–Trinajstić information content (AvgIpc) is 3.18. The zero-order valence-corrected chi connectivity index (χ0v) is 14.8. The van der Waals surface area contributed by atoms with Crippen LogP contribution in [0.15, 0.2) is 61.1 Å². The Balaban J connectivity index is 1.37. The first-order chi connectivity index (χ1) is 12.9. The molecule has 0 saturated carbocycles. The van der Waals surface area contributed by atoms with Gasteiger partial charge in [-0.1, -0.05) is 42.8 Å². The fourth-order valence-electron chi connectivity index (χ4n) is 3.47. The van der Waals surface area contributed by atoms with Crippen LogP contribution in [0.1, 0.15) is 24.8 Å². The van der Waals surface area contributed by atoms with Crippen molar-refractivity contribution in [3.05, 3.63) is 66.6 Å². The molecule has 2 aromatic heterocycles. The molecule has 0 aliphatic carbocycles. The van der Waals surface area contributed by atoms with Gasteiger partial charge < -0.3 is 5.32 Å². The standard InChI is InChI=1S/C20H24N6/c1-2-8-17(9-3-1)15-25-13-7-5-10-18(25)14-22-20-23-16-26(24-20)19-11-4-6-12-21-19/h1-4,6,8-9,11-12,16,18H,5,7,10,13-15H2,(H,22,24)/t18-/m1/s1. The van der Waals surface area contributed by atoms with Gasteiger partial charge in [0.25, 0.3) is 0 Å². The minimum absolute atomic E-state index is 0.505. The third kappa shape index (κ3) is 4.08. The van der Waals surface area contributed by atoms with Gasteiger partial charge in [-0.05, 0) is 37.1 Å². The number of hydrogen-bond acceptors (Lipinski definition) is 5. The van der Waals surface area contributed by atoms with Crippen LogP contribution in [0.25, 0.3) is 5.82 Å². The zero-order chi connectivity index (χ0) is 17.6. The van der Waals surface area contributed by atoms with Crippen molar-refractivity contribution in [1.29, 1.82) is 0 Å². The molecule has 26 heavy (non-hydrogen) atoms. The van der Waals surface area contributed by atoms with E-state index in [1.807, 2.05) is 18.2 Å². The van der Waals surface area contributed by atoms with Crippen molar-refractivity contribution in [2.75, 3.05) is 18.4 Å². The lowest BCUT2D eigenvalue weighted by Crippen LogP contribution is -2.43. The van der Waals surface area contributed by atoms with Crippen molar-refractivity contribution in [3.8, 4) is 5.82 Å². The number of aromatic nitrogens is 4. The third-order valence-electron chi connectivity index (χ3n) is 4.85. The second-order valence-corrected chi connectivity index (χ2v) is 6.69. The molecule has 3 aromatic rings. The van der Waals surface area contributed by atoms with Crippen LogP contribution in [0.4, 0.5) is 5.95 Å². The predicted octanol–water partition coefficient (Wildman–Crippen LogP) is 3.13. The van der Waals surface area contributed by atoms with E-state index in [9.17, 15) is 0 Å².